The van der Waals surface area contributed by atoms with E-state index < -0.39 is 23.9 Å². The number of aromatic nitrogens is 2. The molecule has 3 heterocycles. The van der Waals surface area contributed by atoms with Gasteiger partial charge in [-0.1, -0.05) is 0 Å². The van der Waals surface area contributed by atoms with Gasteiger partial charge in [0.05, 0.1) is 22.4 Å². The van der Waals surface area contributed by atoms with Gasteiger partial charge >= 0.3 is 0 Å². The average Bonchev–Trinajstić information content (AvgIpc) is 2.94. The lowest BCUT2D eigenvalue weighted by atomic mass is 9.91. The van der Waals surface area contributed by atoms with Crippen molar-refractivity contribution in [1.82, 2.24) is 9.97 Å². The minimum absolute atomic E-state index is 0.0521. The van der Waals surface area contributed by atoms with Crippen LogP contribution in [-0.4, -0.2) is 51.7 Å². The Balaban J connectivity index is 2.07. The van der Waals surface area contributed by atoms with E-state index in [9.17, 15) is 10.2 Å². The fourth-order valence-electron chi connectivity index (χ4n) is 2.71. The molecule has 6 N–H and O–H groups in total. The van der Waals surface area contributed by atoms with Crippen LogP contribution in [0.5, 0.6) is 0 Å². The Labute approximate surface area is 130 Å². The van der Waals surface area contributed by atoms with Crippen LogP contribution < -0.4 is 11.5 Å². The van der Waals surface area contributed by atoms with E-state index in [0.29, 0.717) is 15.8 Å². The molecule has 0 aromatic carbocycles. The first-order valence-corrected chi connectivity index (χ1v) is 7.59. The van der Waals surface area contributed by atoms with Gasteiger partial charge in [0.15, 0.2) is 0 Å². The summed E-state index contributed by atoms with van der Waals surface area (Å²) < 4.78 is 10.8. The molecule has 3 rings (SSSR count). The van der Waals surface area contributed by atoms with Crippen molar-refractivity contribution in [2.24, 2.45) is 0 Å². The smallest absolute Gasteiger partial charge is 0.222 e. The molecule has 22 heavy (non-hydrogen) atoms. The molecule has 1 fully saturated rings. The maximum absolute atomic E-state index is 10.7. The highest BCUT2D eigenvalue weighted by Gasteiger charge is 2.53. The largest absolute Gasteiger partial charge is 0.387 e. The summed E-state index contributed by atoms with van der Waals surface area (Å²) in [6.07, 6.45) is -2.45. The first-order valence-electron chi connectivity index (χ1n) is 6.71. The van der Waals surface area contributed by atoms with E-state index >= 15 is 0 Å². The predicted molar refractivity (Wildman–Crippen MR) is 82.4 cm³/mol. The molecule has 1 saturated heterocycles. The van der Waals surface area contributed by atoms with E-state index in [1.165, 1.54) is 25.4 Å². The summed E-state index contributed by atoms with van der Waals surface area (Å²) in [6.45, 7) is 1.70. The van der Waals surface area contributed by atoms with Crippen molar-refractivity contribution in [2.45, 2.75) is 30.8 Å². The quantitative estimate of drug-likeness (QED) is 0.621. The number of rotatable bonds is 3. The monoisotopic (exact) mass is 326 g/mol. The second-order valence-electron chi connectivity index (χ2n) is 5.51. The Morgan fingerprint density at radius 1 is 1.45 bits per heavy atom. The maximum Gasteiger partial charge on any atom is 0.222 e. The molecular formula is C13H18N4O4S. The third-order valence-electron chi connectivity index (χ3n) is 3.89. The molecule has 1 aliphatic heterocycles. The Kier molecular flexibility index (Phi) is 3.69. The van der Waals surface area contributed by atoms with Gasteiger partial charge in [0.1, 0.15) is 29.7 Å². The minimum atomic E-state index is -1.48. The summed E-state index contributed by atoms with van der Waals surface area (Å²) in [5, 5.41) is 23.4. The van der Waals surface area contributed by atoms with Gasteiger partial charge in [-0.05, 0) is 6.92 Å². The molecule has 4 atom stereocenters. The van der Waals surface area contributed by atoms with Gasteiger partial charge in [-0.25, -0.2) is 4.98 Å². The van der Waals surface area contributed by atoms with Crippen molar-refractivity contribution >= 4 is 34.0 Å². The molecule has 0 spiro atoms. The third-order valence-corrected chi connectivity index (χ3v) is 4.91. The number of ether oxygens (including phenoxy) is 2. The van der Waals surface area contributed by atoms with Crippen molar-refractivity contribution in [2.75, 3.05) is 25.2 Å². The molecule has 0 amide bonds. The molecule has 9 heteroatoms. The summed E-state index contributed by atoms with van der Waals surface area (Å²) in [5.41, 5.74) is 10.5. The molecule has 0 aliphatic carbocycles. The van der Waals surface area contributed by atoms with Crippen molar-refractivity contribution < 1.29 is 19.7 Å². The number of anilines is 2. The van der Waals surface area contributed by atoms with E-state index in [4.69, 9.17) is 20.9 Å². The number of nitrogen functional groups attached to an aromatic ring is 2. The zero-order chi connectivity index (χ0) is 16.1. The Hall–Kier alpha value is -1.52. The average molecular weight is 326 g/mol. The fourth-order valence-corrected chi connectivity index (χ4v) is 3.88. The second-order valence-corrected chi connectivity index (χ2v) is 6.42. The van der Waals surface area contributed by atoms with Crippen LogP contribution in [0.1, 0.15) is 17.9 Å². The van der Waals surface area contributed by atoms with E-state index in [0.717, 1.165) is 0 Å². The molecule has 120 valence electrons. The number of hydrogen-bond acceptors (Lipinski definition) is 9. The van der Waals surface area contributed by atoms with Gasteiger partial charge in [0.25, 0.3) is 0 Å². The minimum Gasteiger partial charge on any atom is -0.387 e. The molecule has 0 unspecified atom stereocenters. The molecule has 0 radical (unpaired) electrons. The molecule has 0 saturated carbocycles. The van der Waals surface area contributed by atoms with E-state index in [1.807, 2.05) is 0 Å². The summed E-state index contributed by atoms with van der Waals surface area (Å²) in [6, 6.07) is 0. The van der Waals surface area contributed by atoms with Crippen LogP contribution >= 0.6 is 11.3 Å². The van der Waals surface area contributed by atoms with E-state index in [-0.39, 0.29) is 18.4 Å². The second kappa shape index (κ2) is 5.28. The molecule has 8 nitrogen and oxygen atoms in total. The van der Waals surface area contributed by atoms with Crippen LogP contribution in [0.2, 0.25) is 0 Å². The Morgan fingerprint density at radius 3 is 2.86 bits per heavy atom. The SMILES string of the molecule is COC[C@H]1O[C@@H](c2scc3c(N)nc(N)nc23)[C@](C)(O)[C@@H]1O. The summed E-state index contributed by atoms with van der Waals surface area (Å²) in [7, 11) is 1.51. The summed E-state index contributed by atoms with van der Waals surface area (Å²) in [4.78, 5) is 8.76. The normalized spacial score (nSPS) is 31.9. The third kappa shape index (κ3) is 2.22. The summed E-state index contributed by atoms with van der Waals surface area (Å²) >= 11 is 1.33. The predicted octanol–water partition coefficient (Wildman–Crippen LogP) is 0.0539. The first-order chi connectivity index (χ1) is 10.4. The maximum atomic E-state index is 10.7. The van der Waals surface area contributed by atoms with Gasteiger partial charge in [-0.2, -0.15) is 4.98 Å². The zero-order valence-corrected chi connectivity index (χ0v) is 13.0. The lowest BCUT2D eigenvalue weighted by molar-refractivity contribution is -0.0630. The standard InChI is InChI=1S/C13H18N4O4S/c1-13(19)9(18)6(3-20-2)21-10(13)8-7-5(4-22-8)11(14)17-12(15)16-7/h4,6,9-10,18-19H,3H2,1-2H3,(H4,14,15,16,17)/t6-,9-,10+,13-/m1/s1. The van der Waals surface area contributed by atoms with Crippen LogP contribution in [-0.2, 0) is 9.47 Å². The van der Waals surface area contributed by atoms with Crippen LogP contribution in [0.4, 0.5) is 11.8 Å². The van der Waals surface area contributed by atoms with Gasteiger partial charge in [0, 0.05) is 12.5 Å². The van der Waals surface area contributed by atoms with E-state index in [1.54, 1.807) is 5.38 Å². The number of hydrogen-bond donors (Lipinski definition) is 4. The number of nitrogens with zero attached hydrogens (tertiary/aromatic N) is 2. The van der Waals surface area contributed by atoms with Crippen LogP contribution in [0.15, 0.2) is 5.38 Å². The Morgan fingerprint density at radius 2 is 2.18 bits per heavy atom. The van der Waals surface area contributed by atoms with Crippen LogP contribution in [0, 0.1) is 0 Å². The van der Waals surface area contributed by atoms with Gasteiger partial charge in [0.2, 0.25) is 5.95 Å². The molecule has 2 aromatic heterocycles. The van der Waals surface area contributed by atoms with Gasteiger partial charge < -0.3 is 31.2 Å². The lowest BCUT2D eigenvalue weighted by Gasteiger charge is -2.26. The highest BCUT2D eigenvalue weighted by Crippen LogP contribution is 2.46. The zero-order valence-electron chi connectivity index (χ0n) is 12.2. The molecular weight excluding hydrogens is 308 g/mol. The number of aliphatic hydroxyl groups excluding tert-OH is 1. The number of aliphatic hydroxyl groups is 2. The number of nitrogens with two attached hydrogens (primary N) is 2. The number of thiophene rings is 1. The van der Waals surface area contributed by atoms with Gasteiger partial charge in [-0.15, -0.1) is 11.3 Å². The van der Waals surface area contributed by atoms with Gasteiger partial charge in [-0.3, -0.25) is 0 Å². The first kappa shape index (κ1) is 15.4. The number of fused-ring (bicyclic) bond motifs is 1. The van der Waals surface area contributed by atoms with Crippen molar-refractivity contribution in [3.8, 4) is 0 Å². The van der Waals surface area contributed by atoms with Crippen molar-refractivity contribution in [1.29, 1.82) is 0 Å². The van der Waals surface area contributed by atoms with Crippen LogP contribution in [0.3, 0.4) is 0 Å². The van der Waals surface area contributed by atoms with Crippen LogP contribution in [0.25, 0.3) is 10.9 Å². The summed E-state index contributed by atoms with van der Waals surface area (Å²) in [5.74, 6) is 0.327. The number of methoxy groups -OCH3 is 1. The Bertz CT molecular complexity index is 705. The topological polar surface area (TPSA) is 137 Å². The molecule has 1 aliphatic rings. The fraction of sp³-hybridized carbons (Fsp3) is 0.538. The van der Waals surface area contributed by atoms with E-state index in [2.05, 4.69) is 9.97 Å². The van der Waals surface area contributed by atoms with Crippen molar-refractivity contribution in [3.63, 3.8) is 0 Å². The molecule has 0 bridgehead atoms. The highest BCUT2D eigenvalue weighted by molar-refractivity contribution is 7.11. The lowest BCUT2D eigenvalue weighted by Crippen LogP contribution is -2.43. The van der Waals surface area contributed by atoms with Crippen molar-refractivity contribution in [3.05, 3.63) is 10.3 Å². The highest BCUT2D eigenvalue weighted by atomic mass is 32.1. The molecule has 2 aromatic rings.